The first-order valence-corrected chi connectivity index (χ1v) is 7.02. The molecule has 2 aliphatic rings. The number of rotatable bonds is 3. The van der Waals surface area contributed by atoms with Gasteiger partial charge in [0, 0.05) is 26.2 Å². The minimum absolute atomic E-state index is 0.00736. The highest BCUT2D eigenvalue weighted by Crippen LogP contribution is 2.14. The molecular weight excluding hydrogens is 246 g/mol. The molecule has 2 heterocycles. The van der Waals surface area contributed by atoms with Gasteiger partial charge in [0.25, 0.3) is 0 Å². The van der Waals surface area contributed by atoms with E-state index in [0.29, 0.717) is 26.2 Å². The van der Waals surface area contributed by atoms with E-state index in [1.54, 1.807) is 4.90 Å². The predicted octanol–water partition coefficient (Wildman–Crippen LogP) is -0.556. The van der Waals surface area contributed by atoms with Gasteiger partial charge in [-0.1, -0.05) is 6.92 Å². The zero-order valence-corrected chi connectivity index (χ0v) is 11.7. The first-order chi connectivity index (χ1) is 9.10. The highest BCUT2D eigenvalue weighted by Gasteiger charge is 2.29. The molecule has 0 aromatic carbocycles. The fraction of sp³-hybridized carbons (Fsp3) is 0.846. The van der Waals surface area contributed by atoms with Gasteiger partial charge in [0.2, 0.25) is 11.8 Å². The number of carbonyl (C=O) groups is 2. The molecule has 0 unspecified atom stereocenters. The molecule has 2 fully saturated rings. The Morgan fingerprint density at radius 3 is 2.95 bits per heavy atom. The first-order valence-electron chi connectivity index (χ1n) is 7.02. The van der Waals surface area contributed by atoms with Gasteiger partial charge >= 0.3 is 0 Å². The second-order valence-electron chi connectivity index (χ2n) is 5.27. The van der Waals surface area contributed by atoms with Gasteiger partial charge in [0.1, 0.15) is 0 Å². The van der Waals surface area contributed by atoms with Crippen LogP contribution in [-0.4, -0.2) is 73.1 Å². The summed E-state index contributed by atoms with van der Waals surface area (Å²) < 4.78 is 5.74. The fourth-order valence-corrected chi connectivity index (χ4v) is 2.55. The Morgan fingerprint density at radius 1 is 1.47 bits per heavy atom. The van der Waals surface area contributed by atoms with Crippen molar-refractivity contribution in [3.8, 4) is 0 Å². The third kappa shape index (κ3) is 3.67. The van der Waals surface area contributed by atoms with Crippen molar-refractivity contribution in [1.82, 2.24) is 15.1 Å². The molecule has 0 radical (unpaired) electrons. The maximum Gasteiger partial charge on any atom is 0.242 e. The predicted molar refractivity (Wildman–Crippen MR) is 70.7 cm³/mol. The van der Waals surface area contributed by atoms with Crippen molar-refractivity contribution in [3.05, 3.63) is 0 Å². The van der Waals surface area contributed by atoms with Gasteiger partial charge in [-0.3, -0.25) is 9.59 Å². The lowest BCUT2D eigenvalue weighted by Crippen LogP contribution is -2.55. The van der Waals surface area contributed by atoms with Crippen molar-refractivity contribution in [2.45, 2.75) is 32.5 Å². The maximum atomic E-state index is 12.3. The molecule has 19 heavy (non-hydrogen) atoms. The van der Waals surface area contributed by atoms with E-state index >= 15 is 0 Å². The molecule has 2 rings (SSSR count). The van der Waals surface area contributed by atoms with Gasteiger partial charge in [0.15, 0.2) is 0 Å². The van der Waals surface area contributed by atoms with Crippen LogP contribution in [-0.2, 0) is 14.3 Å². The molecule has 0 spiro atoms. The average molecular weight is 269 g/mol. The Hall–Kier alpha value is -1.14. The summed E-state index contributed by atoms with van der Waals surface area (Å²) in [5.74, 6) is 0.0387. The van der Waals surface area contributed by atoms with Crippen LogP contribution in [0.3, 0.4) is 0 Å². The van der Waals surface area contributed by atoms with Gasteiger partial charge < -0.3 is 19.9 Å². The zero-order valence-electron chi connectivity index (χ0n) is 11.7. The molecule has 2 saturated heterocycles. The summed E-state index contributed by atoms with van der Waals surface area (Å²) in [5.41, 5.74) is 0. The molecular formula is C13H23N3O3. The summed E-state index contributed by atoms with van der Waals surface area (Å²) in [6.07, 6.45) is 1.09. The molecule has 0 aromatic heterocycles. The summed E-state index contributed by atoms with van der Waals surface area (Å²) in [6.45, 7) is 7.21. The van der Waals surface area contributed by atoms with E-state index in [-0.39, 0.29) is 30.6 Å². The van der Waals surface area contributed by atoms with Crippen LogP contribution in [0.2, 0.25) is 0 Å². The Bertz CT molecular complexity index is 348. The second kappa shape index (κ2) is 6.34. The van der Waals surface area contributed by atoms with E-state index in [0.717, 1.165) is 13.0 Å². The number of carbonyl (C=O) groups excluding carboxylic acids is 2. The van der Waals surface area contributed by atoms with Gasteiger partial charge in [-0.05, 0) is 13.3 Å². The standard InChI is InChI=1S/C13H23N3O3/c1-3-11-8-16(7-10(2)19-11)13(18)9-15-5-4-14-6-12(15)17/h10-11,14H,3-9H2,1-2H3/t10-,11+/m1/s1. The van der Waals surface area contributed by atoms with E-state index in [1.807, 2.05) is 11.8 Å². The molecule has 2 atom stereocenters. The summed E-state index contributed by atoms with van der Waals surface area (Å²) >= 11 is 0. The van der Waals surface area contributed by atoms with E-state index in [4.69, 9.17) is 4.74 Å². The largest absolute Gasteiger partial charge is 0.372 e. The third-order valence-corrected chi connectivity index (χ3v) is 3.65. The van der Waals surface area contributed by atoms with E-state index < -0.39 is 0 Å². The minimum Gasteiger partial charge on any atom is -0.372 e. The van der Waals surface area contributed by atoms with Crippen molar-refractivity contribution in [1.29, 1.82) is 0 Å². The average Bonchev–Trinajstić information content (AvgIpc) is 2.40. The van der Waals surface area contributed by atoms with Crippen LogP contribution >= 0.6 is 0 Å². The zero-order chi connectivity index (χ0) is 13.8. The summed E-state index contributed by atoms with van der Waals surface area (Å²) in [6, 6.07) is 0. The molecule has 0 bridgehead atoms. The van der Waals surface area contributed by atoms with Crippen LogP contribution in [0, 0.1) is 0 Å². The number of hydrogen-bond donors (Lipinski definition) is 1. The van der Waals surface area contributed by atoms with Gasteiger partial charge in [-0.15, -0.1) is 0 Å². The molecule has 2 amide bonds. The van der Waals surface area contributed by atoms with E-state index in [1.165, 1.54) is 0 Å². The Kier molecular flexibility index (Phi) is 4.76. The monoisotopic (exact) mass is 269 g/mol. The SMILES string of the molecule is CC[C@H]1CN(C(=O)CN2CCNCC2=O)C[C@@H](C)O1. The van der Waals surface area contributed by atoms with Crippen LogP contribution in [0.1, 0.15) is 20.3 Å². The summed E-state index contributed by atoms with van der Waals surface area (Å²) in [5, 5.41) is 3.00. The van der Waals surface area contributed by atoms with Crippen molar-refractivity contribution >= 4 is 11.8 Å². The number of ether oxygens (including phenoxy) is 1. The number of morpholine rings is 1. The molecule has 0 aliphatic carbocycles. The van der Waals surface area contributed by atoms with Crippen molar-refractivity contribution < 1.29 is 14.3 Å². The molecule has 2 aliphatic heterocycles. The van der Waals surface area contributed by atoms with Crippen molar-refractivity contribution in [3.63, 3.8) is 0 Å². The summed E-state index contributed by atoms with van der Waals surface area (Å²) in [7, 11) is 0. The van der Waals surface area contributed by atoms with Crippen molar-refractivity contribution in [2.75, 3.05) is 39.3 Å². The molecule has 6 nitrogen and oxygen atoms in total. The first kappa shape index (κ1) is 14.3. The molecule has 0 saturated carbocycles. The van der Waals surface area contributed by atoms with Crippen LogP contribution in [0.5, 0.6) is 0 Å². The van der Waals surface area contributed by atoms with Gasteiger partial charge in [-0.2, -0.15) is 0 Å². The highest BCUT2D eigenvalue weighted by atomic mass is 16.5. The topological polar surface area (TPSA) is 61.9 Å². The number of nitrogens with zero attached hydrogens (tertiary/aromatic N) is 2. The minimum atomic E-state index is 0.00736. The third-order valence-electron chi connectivity index (χ3n) is 3.65. The van der Waals surface area contributed by atoms with Crippen molar-refractivity contribution in [2.24, 2.45) is 0 Å². The molecule has 108 valence electrons. The molecule has 6 heteroatoms. The van der Waals surface area contributed by atoms with E-state index in [2.05, 4.69) is 12.2 Å². The maximum absolute atomic E-state index is 12.3. The molecule has 1 N–H and O–H groups in total. The van der Waals surface area contributed by atoms with Crippen LogP contribution < -0.4 is 5.32 Å². The quantitative estimate of drug-likeness (QED) is 0.746. The van der Waals surface area contributed by atoms with Gasteiger partial charge in [0.05, 0.1) is 25.3 Å². The molecule has 0 aromatic rings. The Labute approximate surface area is 114 Å². The Balaban J connectivity index is 1.89. The number of piperazine rings is 1. The lowest BCUT2D eigenvalue weighted by molar-refractivity contribution is -0.149. The lowest BCUT2D eigenvalue weighted by atomic mass is 10.2. The van der Waals surface area contributed by atoms with Gasteiger partial charge in [-0.25, -0.2) is 0 Å². The van der Waals surface area contributed by atoms with E-state index in [9.17, 15) is 9.59 Å². The summed E-state index contributed by atoms with van der Waals surface area (Å²) in [4.78, 5) is 27.4. The smallest absolute Gasteiger partial charge is 0.242 e. The fourth-order valence-electron chi connectivity index (χ4n) is 2.55. The lowest BCUT2D eigenvalue weighted by Gasteiger charge is -2.38. The highest BCUT2D eigenvalue weighted by molar-refractivity contribution is 5.86. The Morgan fingerprint density at radius 2 is 2.26 bits per heavy atom. The van der Waals surface area contributed by atoms with Crippen LogP contribution in [0.4, 0.5) is 0 Å². The second-order valence-corrected chi connectivity index (χ2v) is 5.27. The number of nitrogens with one attached hydrogen (secondary N) is 1. The van der Waals surface area contributed by atoms with Crippen LogP contribution in [0.25, 0.3) is 0 Å². The van der Waals surface area contributed by atoms with Crippen LogP contribution in [0.15, 0.2) is 0 Å². The number of hydrogen-bond acceptors (Lipinski definition) is 4. The number of amides is 2. The normalized spacial score (nSPS) is 28.6.